The molecule has 1 N–H and O–H groups in total. The van der Waals surface area contributed by atoms with Crippen LogP contribution in [0, 0.1) is 6.92 Å². The van der Waals surface area contributed by atoms with E-state index >= 15 is 0 Å². The first-order valence-electron chi connectivity index (χ1n) is 6.65. The van der Waals surface area contributed by atoms with Crippen LogP contribution in [0.1, 0.15) is 18.1 Å². The fourth-order valence-electron chi connectivity index (χ4n) is 2.23. The molecule has 1 unspecified atom stereocenters. The molecule has 0 amide bonds. The van der Waals surface area contributed by atoms with Crippen molar-refractivity contribution in [3.8, 4) is 0 Å². The highest BCUT2D eigenvalue weighted by Gasteiger charge is 2.36. The molecule has 0 bridgehead atoms. The molecule has 0 fully saturated rings. The van der Waals surface area contributed by atoms with Gasteiger partial charge in [0.2, 0.25) is 0 Å². The van der Waals surface area contributed by atoms with Crippen molar-refractivity contribution in [3.63, 3.8) is 0 Å². The molecule has 4 heteroatoms. The molecule has 1 atom stereocenters. The summed E-state index contributed by atoms with van der Waals surface area (Å²) in [6.07, 6.45) is 0. The van der Waals surface area contributed by atoms with Gasteiger partial charge in [0.1, 0.15) is 0 Å². The van der Waals surface area contributed by atoms with Crippen LogP contribution < -0.4 is 5.32 Å². The van der Waals surface area contributed by atoms with Crippen molar-refractivity contribution in [3.05, 3.63) is 64.7 Å². The summed E-state index contributed by atoms with van der Waals surface area (Å²) in [5.74, 6) is -0.368. The van der Waals surface area contributed by atoms with Crippen LogP contribution in [0.4, 0.5) is 5.69 Å². The van der Waals surface area contributed by atoms with Gasteiger partial charge in [-0.15, -0.1) is 0 Å². The largest absolute Gasteiger partial charge is 0.467 e. The van der Waals surface area contributed by atoms with Crippen LogP contribution in [0.3, 0.4) is 0 Å². The number of benzene rings is 2. The number of carbonyl (C=O) groups excluding carboxylic acids is 1. The monoisotopic (exact) mass is 303 g/mol. The Labute approximate surface area is 129 Å². The van der Waals surface area contributed by atoms with Crippen LogP contribution in [-0.4, -0.2) is 13.1 Å². The molecule has 0 heterocycles. The number of hydrogen-bond donors (Lipinski definition) is 1. The van der Waals surface area contributed by atoms with Gasteiger partial charge in [0.25, 0.3) is 0 Å². The van der Waals surface area contributed by atoms with Gasteiger partial charge in [-0.25, -0.2) is 4.79 Å². The summed E-state index contributed by atoms with van der Waals surface area (Å²) < 4.78 is 4.98. The maximum atomic E-state index is 12.3. The van der Waals surface area contributed by atoms with Gasteiger partial charge in [-0.1, -0.05) is 41.9 Å². The first-order valence-corrected chi connectivity index (χ1v) is 7.03. The Kier molecular flexibility index (Phi) is 4.53. The molecule has 3 nitrogen and oxygen atoms in total. The lowest BCUT2D eigenvalue weighted by Gasteiger charge is -2.30. The quantitative estimate of drug-likeness (QED) is 0.862. The van der Waals surface area contributed by atoms with Crippen LogP contribution in [0.15, 0.2) is 48.5 Å². The van der Waals surface area contributed by atoms with Gasteiger partial charge in [0, 0.05) is 10.7 Å². The Morgan fingerprint density at radius 3 is 2.52 bits per heavy atom. The van der Waals surface area contributed by atoms with Crippen molar-refractivity contribution in [2.75, 3.05) is 12.4 Å². The lowest BCUT2D eigenvalue weighted by Crippen LogP contribution is -2.41. The zero-order chi connectivity index (χ0) is 15.5. The number of hydrogen-bond acceptors (Lipinski definition) is 3. The lowest BCUT2D eigenvalue weighted by atomic mass is 9.91. The number of carbonyl (C=O) groups is 1. The molecule has 2 rings (SSSR count). The molecule has 2 aromatic rings. The molecule has 2 aromatic carbocycles. The van der Waals surface area contributed by atoms with E-state index in [-0.39, 0.29) is 5.97 Å². The van der Waals surface area contributed by atoms with Crippen LogP contribution in [0.25, 0.3) is 0 Å². The Hall–Kier alpha value is -2.00. The molecule has 0 aliphatic heterocycles. The second kappa shape index (κ2) is 6.19. The van der Waals surface area contributed by atoms with Crippen molar-refractivity contribution < 1.29 is 9.53 Å². The third-order valence-electron chi connectivity index (χ3n) is 3.53. The maximum Gasteiger partial charge on any atom is 0.335 e. The molecule has 0 saturated carbocycles. The van der Waals surface area contributed by atoms with Gasteiger partial charge < -0.3 is 10.1 Å². The molecule has 0 spiro atoms. The average molecular weight is 304 g/mol. The van der Waals surface area contributed by atoms with Crippen molar-refractivity contribution in [1.29, 1.82) is 0 Å². The molecule has 0 saturated heterocycles. The first-order chi connectivity index (χ1) is 9.97. The number of esters is 1. The van der Waals surface area contributed by atoms with Crippen molar-refractivity contribution in [1.82, 2.24) is 0 Å². The maximum absolute atomic E-state index is 12.3. The number of para-hydroxylation sites is 1. The summed E-state index contributed by atoms with van der Waals surface area (Å²) in [7, 11) is 1.38. The van der Waals surface area contributed by atoms with E-state index in [1.807, 2.05) is 43.3 Å². The summed E-state index contributed by atoms with van der Waals surface area (Å²) in [6, 6.07) is 15.0. The van der Waals surface area contributed by atoms with Crippen LogP contribution in [-0.2, 0) is 15.1 Å². The van der Waals surface area contributed by atoms with E-state index in [1.54, 1.807) is 19.1 Å². The number of anilines is 1. The first kappa shape index (κ1) is 15.4. The molecule has 0 aromatic heterocycles. The SMILES string of the molecule is COC(=O)C(C)(Nc1ccccc1C)c1cccc(Cl)c1. The second-order valence-corrected chi connectivity index (χ2v) is 5.50. The lowest BCUT2D eigenvalue weighted by molar-refractivity contribution is -0.145. The van der Waals surface area contributed by atoms with E-state index in [2.05, 4.69) is 5.32 Å². The smallest absolute Gasteiger partial charge is 0.335 e. The van der Waals surface area contributed by atoms with E-state index in [1.165, 1.54) is 7.11 Å². The minimum atomic E-state index is -1.01. The number of ether oxygens (including phenoxy) is 1. The molecule has 0 radical (unpaired) electrons. The highest BCUT2D eigenvalue weighted by atomic mass is 35.5. The van der Waals surface area contributed by atoms with Crippen LogP contribution in [0.5, 0.6) is 0 Å². The highest BCUT2D eigenvalue weighted by Crippen LogP contribution is 2.30. The summed E-state index contributed by atoms with van der Waals surface area (Å²) in [5, 5.41) is 3.86. The number of aryl methyl sites for hydroxylation is 1. The Morgan fingerprint density at radius 2 is 1.90 bits per heavy atom. The van der Waals surface area contributed by atoms with E-state index in [0.717, 1.165) is 16.8 Å². The van der Waals surface area contributed by atoms with E-state index in [4.69, 9.17) is 16.3 Å². The predicted molar refractivity (Wildman–Crippen MR) is 85.6 cm³/mol. The number of halogens is 1. The average Bonchev–Trinajstić information content (AvgIpc) is 2.48. The molecule has 110 valence electrons. The van der Waals surface area contributed by atoms with Gasteiger partial charge >= 0.3 is 5.97 Å². The fraction of sp³-hybridized carbons (Fsp3) is 0.235. The normalized spacial score (nSPS) is 13.3. The second-order valence-electron chi connectivity index (χ2n) is 5.07. The van der Waals surface area contributed by atoms with Crippen LogP contribution in [0.2, 0.25) is 5.02 Å². The van der Waals surface area contributed by atoms with Crippen molar-refractivity contribution in [2.45, 2.75) is 19.4 Å². The van der Waals surface area contributed by atoms with Gasteiger partial charge in [0.15, 0.2) is 5.54 Å². The number of nitrogens with one attached hydrogen (secondary N) is 1. The van der Waals surface area contributed by atoms with E-state index in [9.17, 15) is 4.79 Å². The Bertz CT molecular complexity index is 657. The highest BCUT2D eigenvalue weighted by molar-refractivity contribution is 6.30. The van der Waals surface area contributed by atoms with Crippen molar-refractivity contribution in [2.24, 2.45) is 0 Å². The number of methoxy groups -OCH3 is 1. The standard InChI is InChI=1S/C17H18ClNO2/c1-12-7-4-5-10-15(12)19-17(2,16(20)21-3)13-8-6-9-14(18)11-13/h4-11,19H,1-3H3. The van der Waals surface area contributed by atoms with Crippen LogP contribution >= 0.6 is 11.6 Å². The summed E-state index contributed by atoms with van der Waals surface area (Å²) >= 11 is 6.05. The zero-order valence-corrected chi connectivity index (χ0v) is 13.1. The number of rotatable bonds is 4. The summed E-state index contributed by atoms with van der Waals surface area (Å²) in [6.45, 7) is 3.77. The van der Waals surface area contributed by atoms with E-state index < -0.39 is 5.54 Å². The van der Waals surface area contributed by atoms with Gasteiger partial charge in [-0.05, 0) is 43.2 Å². The topological polar surface area (TPSA) is 38.3 Å². The van der Waals surface area contributed by atoms with Gasteiger partial charge in [-0.3, -0.25) is 0 Å². The van der Waals surface area contributed by atoms with Gasteiger partial charge in [-0.2, -0.15) is 0 Å². The Morgan fingerprint density at radius 1 is 1.19 bits per heavy atom. The summed E-state index contributed by atoms with van der Waals surface area (Å²) in [5.41, 5.74) is 1.68. The summed E-state index contributed by atoms with van der Waals surface area (Å²) in [4.78, 5) is 12.3. The predicted octanol–water partition coefficient (Wildman–Crippen LogP) is 4.15. The third kappa shape index (κ3) is 3.19. The molecule has 21 heavy (non-hydrogen) atoms. The Balaban J connectivity index is 2.48. The van der Waals surface area contributed by atoms with Gasteiger partial charge in [0.05, 0.1) is 7.11 Å². The fourth-order valence-corrected chi connectivity index (χ4v) is 2.42. The zero-order valence-electron chi connectivity index (χ0n) is 12.3. The third-order valence-corrected chi connectivity index (χ3v) is 3.76. The molecular weight excluding hydrogens is 286 g/mol. The minimum Gasteiger partial charge on any atom is -0.467 e. The molecule has 0 aliphatic rings. The molecule has 0 aliphatic carbocycles. The molecular formula is C17H18ClNO2. The van der Waals surface area contributed by atoms with Crippen molar-refractivity contribution >= 4 is 23.3 Å². The van der Waals surface area contributed by atoms with E-state index in [0.29, 0.717) is 5.02 Å². The minimum absolute atomic E-state index is 0.368.